The Hall–Kier alpha value is -1.69. The first kappa shape index (κ1) is 11.8. The number of hydrogen-bond donors (Lipinski definition) is 1. The van der Waals surface area contributed by atoms with Crippen LogP contribution in [0.25, 0.3) is 0 Å². The lowest BCUT2D eigenvalue weighted by atomic mass is 10.5. The Morgan fingerprint density at radius 3 is 3.12 bits per heavy atom. The van der Waals surface area contributed by atoms with Gasteiger partial charge in [0.25, 0.3) is 5.91 Å². The molecule has 0 saturated carbocycles. The predicted molar refractivity (Wildman–Crippen MR) is 66.1 cm³/mol. The van der Waals surface area contributed by atoms with Crippen molar-refractivity contribution >= 4 is 17.2 Å². The molecule has 6 heteroatoms. The maximum Gasteiger partial charge on any atom is 0.263 e. The fourth-order valence-electron chi connectivity index (χ4n) is 1.38. The van der Waals surface area contributed by atoms with Crippen molar-refractivity contribution in [2.75, 3.05) is 6.54 Å². The van der Waals surface area contributed by atoms with Gasteiger partial charge in [0.2, 0.25) is 0 Å². The highest BCUT2D eigenvalue weighted by Crippen LogP contribution is 2.12. The molecule has 90 valence electrons. The second kappa shape index (κ2) is 5.58. The second-order valence-corrected chi connectivity index (χ2v) is 4.61. The molecule has 2 aromatic rings. The minimum Gasteiger partial charge on any atom is -0.349 e. The largest absolute Gasteiger partial charge is 0.349 e. The molecule has 0 saturated heterocycles. The standard InChI is InChI=1S/C11H14N4OS/c1-2-10-13-8-9(17-10)11(16)12-5-7-15-6-3-4-14-15/h3-4,6,8H,2,5,7H2,1H3,(H,12,16). The van der Waals surface area contributed by atoms with E-state index in [1.165, 1.54) is 11.3 Å². The summed E-state index contributed by atoms with van der Waals surface area (Å²) in [6.07, 6.45) is 6.09. The maximum absolute atomic E-state index is 11.7. The number of carbonyl (C=O) groups is 1. The summed E-state index contributed by atoms with van der Waals surface area (Å²) in [5.74, 6) is -0.0608. The fourth-order valence-corrected chi connectivity index (χ4v) is 2.16. The number of rotatable bonds is 5. The average molecular weight is 250 g/mol. The van der Waals surface area contributed by atoms with Gasteiger partial charge in [-0.1, -0.05) is 6.92 Å². The number of nitrogens with zero attached hydrogens (tertiary/aromatic N) is 3. The molecular weight excluding hydrogens is 236 g/mol. The molecule has 0 aliphatic heterocycles. The van der Waals surface area contributed by atoms with Crippen LogP contribution in [-0.2, 0) is 13.0 Å². The van der Waals surface area contributed by atoms with E-state index in [0.29, 0.717) is 18.0 Å². The Morgan fingerprint density at radius 2 is 2.47 bits per heavy atom. The van der Waals surface area contributed by atoms with E-state index in [1.54, 1.807) is 17.1 Å². The molecule has 0 radical (unpaired) electrons. The highest BCUT2D eigenvalue weighted by atomic mass is 32.1. The van der Waals surface area contributed by atoms with Crippen molar-refractivity contribution in [1.82, 2.24) is 20.1 Å². The van der Waals surface area contributed by atoms with Crippen molar-refractivity contribution in [2.45, 2.75) is 19.9 Å². The van der Waals surface area contributed by atoms with Gasteiger partial charge in [0.15, 0.2) is 0 Å². The van der Waals surface area contributed by atoms with Gasteiger partial charge in [-0.05, 0) is 12.5 Å². The van der Waals surface area contributed by atoms with Crippen LogP contribution in [0, 0.1) is 0 Å². The summed E-state index contributed by atoms with van der Waals surface area (Å²) in [4.78, 5) is 16.6. The number of nitrogens with one attached hydrogen (secondary N) is 1. The lowest BCUT2D eigenvalue weighted by Crippen LogP contribution is -2.26. The van der Waals surface area contributed by atoms with E-state index in [4.69, 9.17) is 0 Å². The van der Waals surface area contributed by atoms with Crippen LogP contribution in [0.3, 0.4) is 0 Å². The van der Waals surface area contributed by atoms with E-state index in [-0.39, 0.29) is 5.91 Å². The van der Waals surface area contributed by atoms with Crippen LogP contribution in [0.4, 0.5) is 0 Å². The lowest BCUT2D eigenvalue weighted by molar-refractivity contribution is 0.0956. The minimum absolute atomic E-state index is 0.0608. The van der Waals surface area contributed by atoms with Crippen LogP contribution in [0.15, 0.2) is 24.7 Å². The Morgan fingerprint density at radius 1 is 1.59 bits per heavy atom. The number of hydrogen-bond acceptors (Lipinski definition) is 4. The van der Waals surface area contributed by atoms with Crippen LogP contribution in [-0.4, -0.2) is 27.2 Å². The van der Waals surface area contributed by atoms with Crippen molar-refractivity contribution in [3.8, 4) is 0 Å². The normalized spacial score (nSPS) is 10.4. The smallest absolute Gasteiger partial charge is 0.263 e. The third kappa shape index (κ3) is 3.13. The Bertz CT molecular complexity index is 477. The van der Waals surface area contributed by atoms with E-state index >= 15 is 0 Å². The molecule has 2 rings (SSSR count). The Balaban J connectivity index is 1.81. The number of amides is 1. The molecule has 1 amide bonds. The summed E-state index contributed by atoms with van der Waals surface area (Å²) in [7, 11) is 0. The Labute approximate surface area is 103 Å². The van der Waals surface area contributed by atoms with Crippen molar-refractivity contribution < 1.29 is 4.79 Å². The predicted octanol–water partition coefficient (Wildman–Crippen LogP) is 1.33. The van der Waals surface area contributed by atoms with Crippen LogP contribution in [0.1, 0.15) is 21.6 Å². The fraction of sp³-hybridized carbons (Fsp3) is 0.364. The van der Waals surface area contributed by atoms with Gasteiger partial charge in [0.1, 0.15) is 4.88 Å². The van der Waals surface area contributed by atoms with Crippen molar-refractivity contribution in [3.05, 3.63) is 34.5 Å². The number of thiazole rings is 1. The molecule has 0 aliphatic rings. The summed E-state index contributed by atoms with van der Waals surface area (Å²) in [5, 5.41) is 7.89. The topological polar surface area (TPSA) is 59.8 Å². The average Bonchev–Trinajstić information content (AvgIpc) is 2.99. The summed E-state index contributed by atoms with van der Waals surface area (Å²) >= 11 is 1.44. The van der Waals surface area contributed by atoms with E-state index in [0.717, 1.165) is 11.4 Å². The first-order chi connectivity index (χ1) is 8.29. The SMILES string of the molecule is CCc1ncc(C(=O)NCCn2cccn2)s1. The Kier molecular flexibility index (Phi) is 3.87. The van der Waals surface area contributed by atoms with Gasteiger partial charge in [0, 0.05) is 18.9 Å². The molecule has 0 unspecified atom stereocenters. The van der Waals surface area contributed by atoms with Crippen molar-refractivity contribution in [3.63, 3.8) is 0 Å². The van der Waals surface area contributed by atoms with Crippen LogP contribution in [0.2, 0.25) is 0 Å². The van der Waals surface area contributed by atoms with Crippen LogP contribution in [0.5, 0.6) is 0 Å². The molecule has 0 spiro atoms. The summed E-state index contributed by atoms with van der Waals surface area (Å²) in [6, 6.07) is 1.86. The maximum atomic E-state index is 11.7. The van der Waals surface area contributed by atoms with Crippen molar-refractivity contribution in [1.29, 1.82) is 0 Å². The molecule has 2 aromatic heterocycles. The lowest BCUT2D eigenvalue weighted by Gasteiger charge is -2.03. The highest BCUT2D eigenvalue weighted by molar-refractivity contribution is 7.13. The van der Waals surface area contributed by atoms with Crippen LogP contribution < -0.4 is 5.32 Å². The minimum atomic E-state index is -0.0608. The van der Waals surface area contributed by atoms with Crippen molar-refractivity contribution in [2.24, 2.45) is 0 Å². The van der Waals surface area contributed by atoms with E-state index in [2.05, 4.69) is 15.4 Å². The summed E-state index contributed by atoms with van der Waals surface area (Å²) in [5.41, 5.74) is 0. The third-order valence-corrected chi connectivity index (χ3v) is 3.41. The van der Waals surface area contributed by atoms with E-state index in [1.807, 2.05) is 19.2 Å². The molecule has 0 fully saturated rings. The molecule has 0 aliphatic carbocycles. The monoisotopic (exact) mass is 250 g/mol. The van der Waals surface area contributed by atoms with Crippen LogP contribution >= 0.6 is 11.3 Å². The number of aryl methyl sites for hydroxylation is 1. The number of aromatic nitrogens is 3. The van der Waals surface area contributed by atoms with E-state index < -0.39 is 0 Å². The molecule has 2 heterocycles. The van der Waals surface area contributed by atoms with Gasteiger partial charge in [-0.15, -0.1) is 11.3 Å². The third-order valence-electron chi connectivity index (χ3n) is 2.27. The first-order valence-corrected chi connectivity index (χ1v) is 6.31. The molecule has 0 atom stereocenters. The number of carbonyl (C=O) groups excluding carboxylic acids is 1. The van der Waals surface area contributed by atoms with Gasteiger partial charge in [-0.3, -0.25) is 9.48 Å². The summed E-state index contributed by atoms with van der Waals surface area (Å²) < 4.78 is 1.78. The highest BCUT2D eigenvalue weighted by Gasteiger charge is 2.08. The molecule has 1 N–H and O–H groups in total. The molecule has 0 aromatic carbocycles. The first-order valence-electron chi connectivity index (χ1n) is 5.50. The zero-order valence-electron chi connectivity index (χ0n) is 9.59. The molecule has 17 heavy (non-hydrogen) atoms. The van der Waals surface area contributed by atoms with Gasteiger partial charge < -0.3 is 5.32 Å². The second-order valence-electron chi connectivity index (χ2n) is 3.50. The molecule has 0 bridgehead atoms. The van der Waals surface area contributed by atoms with Gasteiger partial charge in [0.05, 0.1) is 17.7 Å². The van der Waals surface area contributed by atoms with Gasteiger partial charge in [-0.25, -0.2) is 4.98 Å². The zero-order chi connectivity index (χ0) is 12.1. The zero-order valence-corrected chi connectivity index (χ0v) is 10.4. The van der Waals surface area contributed by atoms with Gasteiger partial charge >= 0.3 is 0 Å². The summed E-state index contributed by atoms with van der Waals surface area (Å²) in [6.45, 7) is 3.27. The molecule has 5 nitrogen and oxygen atoms in total. The quantitative estimate of drug-likeness (QED) is 0.871. The van der Waals surface area contributed by atoms with Gasteiger partial charge in [-0.2, -0.15) is 5.10 Å². The molecular formula is C11H14N4OS. The van der Waals surface area contributed by atoms with E-state index in [9.17, 15) is 4.79 Å².